The molecule has 1 heterocycles. The Balaban J connectivity index is 1.86. The summed E-state index contributed by atoms with van der Waals surface area (Å²) in [6.07, 6.45) is -1.19. The summed E-state index contributed by atoms with van der Waals surface area (Å²) in [5.74, 6) is 0.800. The smallest absolute Gasteiger partial charge is 0.265 e. The van der Waals surface area contributed by atoms with Gasteiger partial charge < -0.3 is 14.8 Å². The summed E-state index contributed by atoms with van der Waals surface area (Å²) < 4.78 is 36.2. The summed E-state index contributed by atoms with van der Waals surface area (Å²) in [5.41, 5.74) is 0. The Morgan fingerprint density at radius 3 is 2.45 bits per heavy atom. The molecule has 2 atom stereocenters. The molecule has 1 aromatic rings. The highest BCUT2D eigenvalue weighted by Gasteiger charge is 2.33. The van der Waals surface area contributed by atoms with Crippen molar-refractivity contribution in [3.8, 4) is 11.5 Å². The lowest BCUT2D eigenvalue weighted by Crippen LogP contribution is -2.50. The van der Waals surface area contributed by atoms with Crippen LogP contribution in [0.15, 0.2) is 24.3 Å². The first-order valence-electron chi connectivity index (χ1n) is 7.10. The summed E-state index contributed by atoms with van der Waals surface area (Å²) in [7, 11) is -3.25. The third kappa shape index (κ3) is 4.11. The van der Waals surface area contributed by atoms with Gasteiger partial charge in [0.05, 0.1) is 5.75 Å². The van der Waals surface area contributed by atoms with Crippen LogP contribution >= 0.6 is 0 Å². The highest BCUT2D eigenvalue weighted by Crippen LogP contribution is 2.33. The molecule has 0 unspecified atom stereocenters. The van der Waals surface area contributed by atoms with Gasteiger partial charge in [0.15, 0.2) is 11.5 Å². The molecule has 8 heteroatoms. The molecular weight excluding hydrogens is 308 g/mol. The van der Waals surface area contributed by atoms with E-state index < -0.39 is 22.2 Å². The Morgan fingerprint density at radius 2 is 1.82 bits per heavy atom. The van der Waals surface area contributed by atoms with Crippen LogP contribution in [-0.4, -0.2) is 45.4 Å². The highest BCUT2D eigenvalue weighted by atomic mass is 32.2. The number of carbonyl (C=O) groups excluding carboxylic acids is 1. The largest absolute Gasteiger partial charge is 0.482 e. The van der Waals surface area contributed by atoms with E-state index in [4.69, 9.17) is 9.47 Å². The Bertz CT molecular complexity index is 632. The van der Waals surface area contributed by atoms with Gasteiger partial charge in [-0.2, -0.15) is 0 Å². The highest BCUT2D eigenvalue weighted by molar-refractivity contribution is 7.89. The summed E-state index contributed by atoms with van der Waals surface area (Å²) in [5, 5.41) is 2.64. The van der Waals surface area contributed by atoms with Crippen LogP contribution in [0.5, 0.6) is 11.5 Å². The number of fused-ring (bicyclic) bond motifs is 1. The number of sulfonamides is 1. The number of para-hydroxylation sites is 2. The van der Waals surface area contributed by atoms with Crippen molar-refractivity contribution in [2.75, 3.05) is 18.8 Å². The molecule has 0 aliphatic carbocycles. The molecule has 22 heavy (non-hydrogen) atoms. The lowest BCUT2D eigenvalue weighted by Gasteiger charge is -2.31. The Kier molecular flexibility index (Phi) is 5.25. The van der Waals surface area contributed by atoms with E-state index in [0.717, 1.165) is 0 Å². The predicted molar refractivity (Wildman–Crippen MR) is 81.4 cm³/mol. The van der Waals surface area contributed by atoms with Gasteiger partial charge in [-0.05, 0) is 26.0 Å². The van der Waals surface area contributed by atoms with E-state index in [0.29, 0.717) is 11.5 Å². The van der Waals surface area contributed by atoms with Crippen LogP contribution in [0.4, 0.5) is 0 Å². The van der Waals surface area contributed by atoms with Gasteiger partial charge >= 0.3 is 0 Å². The summed E-state index contributed by atoms with van der Waals surface area (Å²) >= 11 is 0. The number of nitrogens with one attached hydrogen (secondary N) is 2. The molecule has 0 saturated heterocycles. The van der Waals surface area contributed by atoms with E-state index in [2.05, 4.69) is 10.0 Å². The minimum absolute atomic E-state index is 0.00827. The van der Waals surface area contributed by atoms with Crippen molar-refractivity contribution in [1.82, 2.24) is 10.0 Å². The molecule has 122 valence electrons. The van der Waals surface area contributed by atoms with Crippen LogP contribution in [0.25, 0.3) is 0 Å². The zero-order valence-electron chi connectivity index (χ0n) is 12.5. The molecule has 0 spiro atoms. The fraction of sp³-hybridized carbons (Fsp3) is 0.500. The van der Waals surface area contributed by atoms with Crippen molar-refractivity contribution in [3.63, 3.8) is 0 Å². The molecule has 1 aliphatic heterocycles. The molecule has 7 nitrogen and oxygen atoms in total. The number of hydrogen-bond donors (Lipinski definition) is 2. The number of carbonyl (C=O) groups is 1. The quantitative estimate of drug-likeness (QED) is 0.731. The van der Waals surface area contributed by atoms with Crippen LogP contribution in [0.2, 0.25) is 0 Å². The van der Waals surface area contributed by atoms with Gasteiger partial charge in [-0.15, -0.1) is 0 Å². The maximum Gasteiger partial charge on any atom is 0.265 e. The molecular formula is C14H20N2O5S. The molecule has 0 saturated carbocycles. The minimum Gasteiger partial charge on any atom is -0.482 e. The number of hydrogen-bond acceptors (Lipinski definition) is 5. The molecule has 1 aliphatic rings. The molecule has 0 aromatic heterocycles. The van der Waals surface area contributed by atoms with Crippen LogP contribution in [0.1, 0.15) is 13.8 Å². The van der Waals surface area contributed by atoms with Crippen LogP contribution in [0.3, 0.4) is 0 Å². The summed E-state index contributed by atoms with van der Waals surface area (Å²) in [4.78, 5) is 12.1. The molecule has 1 aromatic carbocycles. The fourth-order valence-electron chi connectivity index (χ4n) is 2.00. The van der Waals surface area contributed by atoms with Gasteiger partial charge in [-0.3, -0.25) is 4.79 Å². The zero-order chi connectivity index (χ0) is 16.2. The molecule has 0 radical (unpaired) electrons. The monoisotopic (exact) mass is 328 g/mol. The van der Waals surface area contributed by atoms with E-state index >= 15 is 0 Å². The van der Waals surface area contributed by atoms with E-state index in [1.807, 2.05) is 6.07 Å². The normalized spacial score (nSPS) is 20.5. The van der Waals surface area contributed by atoms with Crippen molar-refractivity contribution >= 4 is 15.9 Å². The topological polar surface area (TPSA) is 93.7 Å². The minimum atomic E-state index is -3.25. The lowest BCUT2D eigenvalue weighted by atomic mass is 10.1. The van der Waals surface area contributed by atoms with Gasteiger partial charge in [-0.25, -0.2) is 13.1 Å². The number of rotatable bonds is 6. The van der Waals surface area contributed by atoms with Gasteiger partial charge in [0.1, 0.15) is 6.10 Å². The number of amides is 1. The first-order chi connectivity index (χ1) is 10.4. The van der Waals surface area contributed by atoms with Crippen molar-refractivity contribution in [2.24, 2.45) is 0 Å². The second-order valence-electron chi connectivity index (χ2n) is 4.90. The third-order valence-corrected chi connectivity index (χ3v) is 4.63. The maximum absolute atomic E-state index is 12.1. The molecule has 1 amide bonds. The average Bonchev–Trinajstić information content (AvgIpc) is 2.50. The molecule has 0 fully saturated rings. The van der Waals surface area contributed by atoms with E-state index in [1.54, 1.807) is 32.0 Å². The lowest BCUT2D eigenvalue weighted by molar-refractivity contribution is -0.133. The van der Waals surface area contributed by atoms with E-state index in [-0.39, 0.29) is 24.7 Å². The molecule has 0 bridgehead atoms. The standard InChI is InChI=1S/C14H20N2O5S/c1-3-22(18,19)16-9-8-15-14(17)13-10(2)20-11-6-4-5-7-12(11)21-13/h4-7,10,13,16H,3,8-9H2,1-2H3,(H,15,17)/t10-,13+/m0/s1. The van der Waals surface area contributed by atoms with E-state index in [9.17, 15) is 13.2 Å². The summed E-state index contributed by atoms with van der Waals surface area (Å²) in [6.45, 7) is 3.62. The predicted octanol–water partition coefficient (Wildman–Crippen LogP) is 0.270. The average molecular weight is 328 g/mol. The number of benzene rings is 1. The van der Waals surface area contributed by atoms with Gasteiger partial charge in [0.25, 0.3) is 5.91 Å². The second kappa shape index (κ2) is 6.97. The second-order valence-corrected chi connectivity index (χ2v) is 6.99. The Labute approximate surface area is 130 Å². The van der Waals surface area contributed by atoms with Crippen LogP contribution in [0, 0.1) is 0 Å². The van der Waals surface area contributed by atoms with Crippen LogP contribution in [-0.2, 0) is 14.8 Å². The van der Waals surface area contributed by atoms with Gasteiger partial charge in [0.2, 0.25) is 16.1 Å². The van der Waals surface area contributed by atoms with Crippen LogP contribution < -0.4 is 19.5 Å². The van der Waals surface area contributed by atoms with E-state index in [1.165, 1.54) is 0 Å². The Morgan fingerprint density at radius 1 is 1.18 bits per heavy atom. The van der Waals surface area contributed by atoms with Crippen molar-refractivity contribution in [2.45, 2.75) is 26.1 Å². The third-order valence-electron chi connectivity index (χ3n) is 3.23. The van der Waals surface area contributed by atoms with Crippen molar-refractivity contribution in [1.29, 1.82) is 0 Å². The van der Waals surface area contributed by atoms with Crippen molar-refractivity contribution < 1.29 is 22.7 Å². The summed E-state index contributed by atoms with van der Waals surface area (Å²) in [6, 6.07) is 7.14. The molecule has 2 rings (SSSR count). The zero-order valence-corrected chi connectivity index (χ0v) is 13.4. The number of ether oxygens (including phenoxy) is 2. The maximum atomic E-state index is 12.1. The van der Waals surface area contributed by atoms with Gasteiger partial charge in [-0.1, -0.05) is 12.1 Å². The van der Waals surface area contributed by atoms with Gasteiger partial charge in [0, 0.05) is 13.1 Å². The molecule has 2 N–H and O–H groups in total. The van der Waals surface area contributed by atoms with Crippen molar-refractivity contribution in [3.05, 3.63) is 24.3 Å². The first-order valence-corrected chi connectivity index (χ1v) is 8.75. The Hall–Kier alpha value is -1.80. The fourth-order valence-corrected chi connectivity index (χ4v) is 2.62. The SMILES string of the molecule is CCS(=O)(=O)NCCNC(=O)[C@@H]1Oc2ccccc2O[C@H]1C. The first kappa shape index (κ1) is 16.6.